The van der Waals surface area contributed by atoms with Crippen LogP contribution in [0.25, 0.3) is 33.2 Å². The Labute approximate surface area is 252 Å². The monoisotopic (exact) mass is 582 g/mol. The van der Waals surface area contributed by atoms with Gasteiger partial charge in [-0.1, -0.05) is 50.2 Å². The van der Waals surface area contributed by atoms with Crippen molar-refractivity contribution in [2.24, 2.45) is 10.9 Å². The number of amides is 1. The number of imidazole rings is 1. The smallest absolute Gasteiger partial charge is 0.228 e. The molecule has 43 heavy (non-hydrogen) atoms. The molecule has 224 valence electrons. The molecule has 3 N–H and O–H groups in total. The minimum atomic E-state index is -0.838. The molecule has 9 heteroatoms. The van der Waals surface area contributed by atoms with Crippen LogP contribution in [0.1, 0.15) is 33.5 Å². The Morgan fingerprint density at radius 2 is 1.79 bits per heavy atom. The predicted molar refractivity (Wildman–Crippen MR) is 168 cm³/mol. The molecule has 0 unspecified atom stereocenters. The van der Waals surface area contributed by atoms with Crippen LogP contribution in [0.5, 0.6) is 0 Å². The molecule has 1 aromatic heterocycles. The molecule has 0 spiro atoms. The number of benzene rings is 3. The Hall–Kier alpha value is -3.89. The van der Waals surface area contributed by atoms with Crippen LogP contribution in [-0.2, 0) is 25.4 Å². The van der Waals surface area contributed by atoms with Gasteiger partial charge in [0.2, 0.25) is 11.7 Å². The summed E-state index contributed by atoms with van der Waals surface area (Å²) < 4.78 is 17.2. The molecule has 0 aliphatic carbocycles. The van der Waals surface area contributed by atoms with Crippen molar-refractivity contribution in [1.29, 1.82) is 0 Å². The average molecular weight is 583 g/mol. The second-order valence-electron chi connectivity index (χ2n) is 11.6. The molecule has 0 radical (unpaired) electrons. The second-order valence-corrected chi connectivity index (χ2v) is 11.6. The van der Waals surface area contributed by atoms with Gasteiger partial charge >= 0.3 is 0 Å². The Bertz CT molecular complexity index is 1660. The van der Waals surface area contributed by atoms with E-state index in [2.05, 4.69) is 76.8 Å². The van der Waals surface area contributed by atoms with Crippen molar-refractivity contribution in [1.82, 2.24) is 14.9 Å². The number of nitrogens with two attached hydrogens (primary N) is 1. The Kier molecular flexibility index (Phi) is 8.15. The molecule has 1 saturated heterocycles. The summed E-state index contributed by atoms with van der Waals surface area (Å²) in [7, 11) is 1.63. The van der Waals surface area contributed by atoms with E-state index < -0.39 is 5.79 Å². The topological polar surface area (TPSA) is 106 Å². The molecule has 0 saturated carbocycles. The third kappa shape index (κ3) is 5.99. The molecule has 1 amide bonds. The lowest BCUT2D eigenvalue weighted by Crippen LogP contribution is -2.82. The van der Waals surface area contributed by atoms with Gasteiger partial charge in [0.25, 0.3) is 0 Å². The van der Waals surface area contributed by atoms with Crippen LogP contribution in [-0.4, -0.2) is 71.9 Å². The Morgan fingerprint density at radius 1 is 1.07 bits per heavy atom. The quantitative estimate of drug-likeness (QED) is 0.257. The second kappa shape index (κ2) is 12.0. The van der Waals surface area contributed by atoms with Gasteiger partial charge in [-0.2, -0.15) is 4.99 Å². The first-order chi connectivity index (χ1) is 20.8. The van der Waals surface area contributed by atoms with Gasteiger partial charge in [0.15, 0.2) is 11.5 Å². The molecular weight excluding hydrogens is 542 g/mol. The lowest BCUT2D eigenvalue weighted by atomic mass is 9.99. The Balaban J connectivity index is 1.21. The highest BCUT2D eigenvalue weighted by atomic mass is 16.7. The number of rotatable bonds is 10. The number of aliphatic imine (C=N–C) groups is 1. The van der Waals surface area contributed by atoms with Crippen molar-refractivity contribution in [2.75, 3.05) is 33.4 Å². The van der Waals surface area contributed by atoms with Crippen LogP contribution in [0.2, 0.25) is 0 Å². The third-order valence-corrected chi connectivity index (χ3v) is 8.61. The number of ether oxygens (including phenoxy) is 3. The number of aryl methyl sites for hydroxylation is 1. The molecule has 9 nitrogen and oxygen atoms in total. The number of quaternary nitrogens is 1. The zero-order valence-electron chi connectivity index (χ0n) is 25.5. The minimum Gasteiger partial charge on any atom is -0.381 e. The van der Waals surface area contributed by atoms with Crippen molar-refractivity contribution in [2.45, 2.75) is 46.0 Å². The highest BCUT2D eigenvalue weighted by molar-refractivity contribution is 6.02. The summed E-state index contributed by atoms with van der Waals surface area (Å²) >= 11 is 0. The summed E-state index contributed by atoms with van der Waals surface area (Å²) in [4.78, 5) is 28.1. The molecule has 6 rings (SSSR count). The number of amidine groups is 1. The average Bonchev–Trinajstić information content (AvgIpc) is 3.79. The summed E-state index contributed by atoms with van der Waals surface area (Å²) in [5.74, 6) is 0.655. The summed E-state index contributed by atoms with van der Waals surface area (Å²) in [6, 6.07) is 19.3. The fraction of sp³-hybridized carbons (Fsp3) is 0.382. The van der Waals surface area contributed by atoms with Crippen LogP contribution in [0.15, 0.2) is 65.8 Å². The number of H-pyrrole nitrogens is 1. The van der Waals surface area contributed by atoms with Gasteiger partial charge in [-0.25, -0.2) is 4.98 Å². The highest BCUT2D eigenvalue weighted by Crippen LogP contribution is 2.35. The van der Waals surface area contributed by atoms with Crippen molar-refractivity contribution in [3.8, 4) is 22.4 Å². The van der Waals surface area contributed by atoms with Crippen LogP contribution in [0.3, 0.4) is 0 Å². The van der Waals surface area contributed by atoms with Crippen molar-refractivity contribution < 1.29 is 24.3 Å². The van der Waals surface area contributed by atoms with E-state index in [9.17, 15) is 4.79 Å². The van der Waals surface area contributed by atoms with E-state index in [1.54, 1.807) is 12.0 Å². The standard InChI is InChI=1S/C34H39N5O4/c1-6-30-35-18-29(37-30)24-9-7-23(8-10-24)25-11-13-27-26(17-25)12-14-28-32(27)38-31(36-28)19-39(20-34(4)42-15-16-43-34)33(40)21(2)22(3)41-5/h7-14,17-18,21-22H,6,15-16,19-20H2,1-5H3,(H,35,37)(H,36,38)/p+1/t21-,22+/m0/s1. The number of methoxy groups -OCH3 is 1. The molecule has 2 aliphatic rings. The van der Waals surface area contributed by atoms with Crippen LogP contribution < -0.4 is 5.32 Å². The molecule has 4 aromatic rings. The molecule has 2 atom stereocenters. The Morgan fingerprint density at radius 3 is 2.49 bits per heavy atom. The molecular formula is C34H40N5O4+. The van der Waals surface area contributed by atoms with Gasteiger partial charge in [0.05, 0.1) is 43.7 Å². The third-order valence-electron chi connectivity index (χ3n) is 8.61. The normalized spacial score (nSPS) is 17.1. The van der Waals surface area contributed by atoms with Crippen LogP contribution in [0.4, 0.5) is 11.4 Å². The van der Waals surface area contributed by atoms with Gasteiger partial charge in [0.1, 0.15) is 18.1 Å². The first-order valence-corrected chi connectivity index (χ1v) is 15.0. The van der Waals surface area contributed by atoms with Gasteiger partial charge in [0, 0.05) is 18.9 Å². The zero-order valence-corrected chi connectivity index (χ0v) is 25.5. The first-order valence-electron chi connectivity index (χ1n) is 15.0. The number of nitrogens with zero attached hydrogens (tertiary/aromatic N) is 3. The molecule has 2 aliphatic heterocycles. The highest BCUT2D eigenvalue weighted by Gasteiger charge is 2.38. The van der Waals surface area contributed by atoms with Crippen molar-refractivity contribution >= 4 is 33.9 Å². The van der Waals surface area contributed by atoms with E-state index >= 15 is 0 Å². The van der Waals surface area contributed by atoms with E-state index in [1.807, 2.05) is 27.0 Å². The number of aromatic amines is 1. The minimum absolute atomic E-state index is 0.0133. The molecule has 1 fully saturated rings. The first kappa shape index (κ1) is 29.2. The summed E-state index contributed by atoms with van der Waals surface area (Å²) in [5.41, 5.74) is 6.44. The van der Waals surface area contributed by atoms with E-state index in [0.717, 1.165) is 62.6 Å². The van der Waals surface area contributed by atoms with E-state index in [-0.39, 0.29) is 17.9 Å². The van der Waals surface area contributed by atoms with Gasteiger partial charge in [-0.3, -0.25) is 10.1 Å². The lowest BCUT2D eigenvalue weighted by molar-refractivity contribution is -0.439. The number of carbonyl (C=O) groups excluding carboxylic acids is 1. The maximum atomic E-state index is 13.6. The molecule has 3 heterocycles. The largest absolute Gasteiger partial charge is 0.381 e. The number of carbonyl (C=O) groups is 1. The summed E-state index contributed by atoms with van der Waals surface area (Å²) in [6.45, 7) is 9.50. The van der Waals surface area contributed by atoms with E-state index in [4.69, 9.17) is 19.2 Å². The fourth-order valence-corrected chi connectivity index (χ4v) is 5.83. The predicted octanol–water partition coefficient (Wildman–Crippen LogP) is 4.96. The van der Waals surface area contributed by atoms with E-state index in [0.29, 0.717) is 26.3 Å². The SMILES string of the molecule is CCc1ncc(-c2ccc(-c3ccc4c5c(ccc4c3)N=C(CN(CC3(C)OCCO3)C(=O)[C@@H](C)[C@@H](C)OC)[NH2+]5)cc2)[nH]1. The molecule has 3 aromatic carbocycles. The summed E-state index contributed by atoms with van der Waals surface area (Å²) in [6.07, 6.45) is 2.56. The van der Waals surface area contributed by atoms with Crippen molar-refractivity contribution in [3.05, 3.63) is 66.6 Å². The number of aromatic nitrogens is 2. The maximum absolute atomic E-state index is 13.6. The number of hydrogen-bond donors (Lipinski definition) is 2. The lowest BCUT2D eigenvalue weighted by Gasteiger charge is -2.33. The van der Waals surface area contributed by atoms with Crippen LogP contribution >= 0.6 is 0 Å². The summed E-state index contributed by atoms with van der Waals surface area (Å²) in [5, 5.41) is 4.38. The number of nitrogens with one attached hydrogen (secondary N) is 1. The number of fused-ring (bicyclic) bond motifs is 3. The zero-order chi connectivity index (χ0) is 30.1. The van der Waals surface area contributed by atoms with Gasteiger partial charge in [-0.15, -0.1) is 0 Å². The number of hydrogen-bond acceptors (Lipinski definition) is 6. The fourth-order valence-electron chi connectivity index (χ4n) is 5.83. The van der Waals surface area contributed by atoms with Gasteiger partial charge < -0.3 is 24.1 Å². The van der Waals surface area contributed by atoms with Gasteiger partial charge in [-0.05, 0) is 54.1 Å². The maximum Gasteiger partial charge on any atom is 0.228 e. The van der Waals surface area contributed by atoms with Crippen LogP contribution in [0, 0.1) is 5.92 Å². The molecule has 0 bridgehead atoms. The van der Waals surface area contributed by atoms with E-state index in [1.165, 1.54) is 0 Å². The van der Waals surface area contributed by atoms with Crippen molar-refractivity contribution in [3.63, 3.8) is 0 Å².